The lowest BCUT2D eigenvalue weighted by Crippen LogP contribution is -2.30. The maximum absolute atomic E-state index is 11.0. The van der Waals surface area contributed by atoms with Crippen molar-refractivity contribution in [3.63, 3.8) is 0 Å². The summed E-state index contributed by atoms with van der Waals surface area (Å²) >= 11 is 5.67. The third-order valence-corrected chi connectivity index (χ3v) is 2.15. The van der Waals surface area contributed by atoms with Crippen LogP contribution in [0.4, 0.5) is 0 Å². The van der Waals surface area contributed by atoms with E-state index >= 15 is 0 Å². The van der Waals surface area contributed by atoms with Gasteiger partial charge >= 0.3 is 0 Å². The smallest absolute Gasteiger partial charge is 0.233 e. The highest BCUT2D eigenvalue weighted by atomic mass is 35.5. The molecule has 0 saturated heterocycles. The van der Waals surface area contributed by atoms with E-state index in [2.05, 4.69) is 0 Å². The van der Waals surface area contributed by atoms with Gasteiger partial charge in [-0.2, -0.15) is 0 Å². The Hall–Kier alpha value is -1.41. The van der Waals surface area contributed by atoms with Crippen LogP contribution in [0, 0.1) is 0 Å². The van der Waals surface area contributed by atoms with Gasteiger partial charge in [0.15, 0.2) is 0 Å². The lowest BCUT2D eigenvalue weighted by Gasteiger charge is -2.00. The summed E-state index contributed by atoms with van der Waals surface area (Å²) in [6.45, 7) is 0. The number of hydrogen-bond donors (Lipinski definition) is 0. The fourth-order valence-electron chi connectivity index (χ4n) is 1.16. The molecular weight excluding hydrogens is 188 g/mol. The first-order chi connectivity index (χ1) is 6.18. The van der Waals surface area contributed by atoms with Crippen LogP contribution in [0.15, 0.2) is 39.9 Å². The van der Waals surface area contributed by atoms with E-state index in [0.29, 0.717) is 10.6 Å². The molecule has 0 atom stereocenters. The number of rotatable bonds is 1. The van der Waals surface area contributed by atoms with E-state index in [0.717, 1.165) is 5.56 Å². The van der Waals surface area contributed by atoms with Crippen molar-refractivity contribution in [3.8, 4) is 11.1 Å². The zero-order valence-electron chi connectivity index (χ0n) is 6.58. The van der Waals surface area contributed by atoms with E-state index in [1.165, 1.54) is 6.07 Å². The first-order valence-electron chi connectivity index (χ1n) is 3.75. The van der Waals surface area contributed by atoms with Gasteiger partial charge in [-0.15, -0.1) is 0 Å². The fraction of sp³-hybridized carbons (Fsp3) is 0. The maximum Gasteiger partial charge on any atom is 0.233 e. The molecule has 0 aliphatic heterocycles. The van der Waals surface area contributed by atoms with Crippen molar-refractivity contribution in [1.29, 1.82) is 0 Å². The second-order valence-corrected chi connectivity index (χ2v) is 3.19. The van der Waals surface area contributed by atoms with Crippen molar-refractivity contribution in [3.05, 3.63) is 55.8 Å². The van der Waals surface area contributed by atoms with Crippen LogP contribution in [0.5, 0.6) is 0 Å². The van der Waals surface area contributed by atoms with Gasteiger partial charge in [0, 0.05) is 16.7 Å². The molecule has 0 aliphatic rings. The maximum atomic E-state index is 11.0. The van der Waals surface area contributed by atoms with E-state index < -0.39 is 10.9 Å². The van der Waals surface area contributed by atoms with Crippen LogP contribution in [0.25, 0.3) is 11.1 Å². The second kappa shape index (κ2) is 2.82. The predicted octanol–water partition coefficient (Wildman–Crippen LogP) is 1.60. The molecule has 0 heterocycles. The third kappa shape index (κ3) is 1.29. The first-order valence-corrected chi connectivity index (χ1v) is 4.12. The summed E-state index contributed by atoms with van der Waals surface area (Å²) in [6, 6.07) is 8.16. The normalized spacial score (nSPS) is 10.5. The molecule has 64 valence electrons. The molecule has 0 aliphatic carbocycles. The summed E-state index contributed by atoms with van der Waals surface area (Å²) in [7, 11) is 0. The zero-order chi connectivity index (χ0) is 9.42. The Balaban J connectivity index is 2.50. The Morgan fingerprint density at radius 3 is 2.08 bits per heavy atom. The SMILES string of the molecule is O=c1cc(-c2ccc(Cl)cc2)c1=O. The Kier molecular flexibility index (Phi) is 1.78. The molecule has 0 amide bonds. The van der Waals surface area contributed by atoms with Crippen molar-refractivity contribution in [2.45, 2.75) is 0 Å². The van der Waals surface area contributed by atoms with Gasteiger partial charge in [0.1, 0.15) is 0 Å². The number of benzene rings is 1. The molecule has 13 heavy (non-hydrogen) atoms. The largest absolute Gasteiger partial charge is 0.286 e. The molecule has 0 unspecified atom stereocenters. The van der Waals surface area contributed by atoms with E-state index in [1.807, 2.05) is 0 Å². The van der Waals surface area contributed by atoms with Gasteiger partial charge in [0.25, 0.3) is 0 Å². The van der Waals surface area contributed by atoms with Crippen molar-refractivity contribution in [1.82, 2.24) is 0 Å². The van der Waals surface area contributed by atoms with Crippen molar-refractivity contribution < 1.29 is 0 Å². The van der Waals surface area contributed by atoms with Crippen LogP contribution in [0.2, 0.25) is 5.02 Å². The molecule has 2 aromatic carbocycles. The van der Waals surface area contributed by atoms with E-state index in [9.17, 15) is 9.59 Å². The van der Waals surface area contributed by atoms with E-state index in [-0.39, 0.29) is 0 Å². The van der Waals surface area contributed by atoms with Gasteiger partial charge in [-0.25, -0.2) is 0 Å². The van der Waals surface area contributed by atoms with Crippen LogP contribution in [-0.2, 0) is 0 Å². The molecule has 2 aromatic rings. The third-order valence-electron chi connectivity index (χ3n) is 1.90. The highest BCUT2D eigenvalue weighted by molar-refractivity contribution is 6.30. The fourth-order valence-corrected chi connectivity index (χ4v) is 1.29. The van der Waals surface area contributed by atoms with Crippen LogP contribution >= 0.6 is 11.6 Å². The Morgan fingerprint density at radius 1 is 1.00 bits per heavy atom. The summed E-state index contributed by atoms with van der Waals surface area (Å²) in [5.74, 6) is 0. The summed E-state index contributed by atoms with van der Waals surface area (Å²) in [6.07, 6.45) is 0. The zero-order valence-corrected chi connectivity index (χ0v) is 7.34. The molecule has 3 heteroatoms. The predicted molar refractivity (Wildman–Crippen MR) is 51.8 cm³/mol. The van der Waals surface area contributed by atoms with Crippen LogP contribution in [0.1, 0.15) is 0 Å². The molecule has 0 bridgehead atoms. The minimum absolute atomic E-state index is 0.415. The summed E-state index contributed by atoms with van der Waals surface area (Å²) in [4.78, 5) is 21.6. The average Bonchev–Trinajstić information content (AvgIpc) is 2.15. The van der Waals surface area contributed by atoms with Crippen LogP contribution < -0.4 is 10.9 Å². The molecule has 0 aromatic heterocycles. The first kappa shape index (κ1) is 8.20. The van der Waals surface area contributed by atoms with Crippen LogP contribution in [0.3, 0.4) is 0 Å². The summed E-state index contributed by atoms with van der Waals surface area (Å²) < 4.78 is 0. The highest BCUT2D eigenvalue weighted by Gasteiger charge is 2.10. The topological polar surface area (TPSA) is 34.1 Å². The summed E-state index contributed by atoms with van der Waals surface area (Å²) in [5.41, 5.74) is 0.378. The minimum atomic E-state index is -0.426. The second-order valence-electron chi connectivity index (χ2n) is 2.76. The molecule has 0 N–H and O–H groups in total. The lowest BCUT2D eigenvalue weighted by atomic mass is 10.0. The molecule has 2 rings (SSSR count). The van der Waals surface area contributed by atoms with Crippen molar-refractivity contribution in [2.75, 3.05) is 0 Å². The van der Waals surface area contributed by atoms with Gasteiger partial charge in [-0.05, 0) is 17.7 Å². The quantitative estimate of drug-likeness (QED) is 0.644. The molecule has 0 fully saturated rings. The number of halogens is 1. The molecule has 0 radical (unpaired) electrons. The molecule has 0 saturated carbocycles. The van der Waals surface area contributed by atoms with Gasteiger partial charge in [-0.3, -0.25) is 9.59 Å². The van der Waals surface area contributed by atoms with E-state index in [1.54, 1.807) is 24.3 Å². The van der Waals surface area contributed by atoms with Gasteiger partial charge in [-0.1, -0.05) is 23.7 Å². The Bertz CT molecular complexity index is 504. The standard InChI is InChI=1S/C10H5ClO2/c11-7-3-1-6(2-4-7)8-5-9(12)10(8)13/h1-5H. The highest BCUT2D eigenvalue weighted by Crippen LogP contribution is 2.17. The Labute approximate surface area is 79.1 Å². The van der Waals surface area contributed by atoms with E-state index in [4.69, 9.17) is 11.6 Å². The Morgan fingerprint density at radius 2 is 1.62 bits per heavy atom. The van der Waals surface area contributed by atoms with Crippen molar-refractivity contribution in [2.24, 2.45) is 0 Å². The van der Waals surface area contributed by atoms with Gasteiger partial charge in [0.05, 0.1) is 0 Å². The molecule has 0 spiro atoms. The molecule has 2 nitrogen and oxygen atoms in total. The van der Waals surface area contributed by atoms with Gasteiger partial charge < -0.3 is 0 Å². The van der Waals surface area contributed by atoms with Crippen molar-refractivity contribution >= 4 is 11.6 Å². The monoisotopic (exact) mass is 192 g/mol. The van der Waals surface area contributed by atoms with Crippen LogP contribution in [-0.4, -0.2) is 0 Å². The minimum Gasteiger partial charge on any atom is -0.286 e. The van der Waals surface area contributed by atoms with Gasteiger partial charge in [0.2, 0.25) is 10.9 Å². The summed E-state index contributed by atoms with van der Waals surface area (Å²) in [5, 5.41) is 0.613. The lowest BCUT2D eigenvalue weighted by molar-refractivity contribution is 1.41. The average molecular weight is 193 g/mol. The number of hydrogen-bond acceptors (Lipinski definition) is 2. The molecular formula is C10H5ClO2.